The first-order valence-electron chi connectivity index (χ1n) is 14.4. The zero-order valence-corrected chi connectivity index (χ0v) is 27.6. The van der Waals surface area contributed by atoms with Crippen molar-refractivity contribution >= 4 is 34.7 Å². The highest BCUT2D eigenvalue weighted by molar-refractivity contribution is 6.28. The number of imidazole rings is 1. The fourth-order valence-corrected chi connectivity index (χ4v) is 4.55. The molecule has 0 spiro atoms. The van der Waals surface area contributed by atoms with Gasteiger partial charge < -0.3 is 36.4 Å². The molecular formula is C30H34ClN5O11. The molecule has 0 aliphatic heterocycles. The monoisotopic (exact) mass is 675 g/mol. The maximum atomic E-state index is 12.9. The lowest BCUT2D eigenvalue weighted by atomic mass is 9.97. The SMILES string of the molecule is C#CC(COC(=O)C(C)C)(OC)[C@H](Cn1cnc2/c(=N/Cc3oc(=O)oc3C)n(Cc3oc(=O)oc3C)c(Cl)nc21)OC(=O)C(C)C. The number of hydrogen-bond donors (Lipinski definition) is 0. The molecule has 17 heteroatoms. The Bertz CT molecular complexity index is 2000. The van der Waals surface area contributed by atoms with Crippen LogP contribution in [0.5, 0.6) is 0 Å². The van der Waals surface area contributed by atoms with Crippen LogP contribution in [-0.2, 0) is 43.4 Å². The maximum Gasteiger partial charge on any atom is 0.519 e. The molecule has 0 aliphatic rings. The number of carbonyl (C=O) groups excluding carboxylic acids is 2. The minimum atomic E-state index is -1.70. The molecule has 4 aromatic heterocycles. The molecule has 47 heavy (non-hydrogen) atoms. The van der Waals surface area contributed by atoms with Crippen LogP contribution in [0.15, 0.2) is 38.6 Å². The Morgan fingerprint density at radius 2 is 1.66 bits per heavy atom. The topological polar surface area (TPSA) is 197 Å². The van der Waals surface area contributed by atoms with Gasteiger partial charge in [-0.25, -0.2) is 14.6 Å². The van der Waals surface area contributed by atoms with Crippen LogP contribution >= 0.6 is 11.6 Å². The van der Waals surface area contributed by atoms with Crippen molar-refractivity contribution < 1.29 is 41.5 Å². The van der Waals surface area contributed by atoms with Crippen molar-refractivity contribution in [3.05, 3.63) is 61.4 Å². The quantitative estimate of drug-likeness (QED) is 0.114. The number of methoxy groups -OCH3 is 1. The van der Waals surface area contributed by atoms with E-state index in [1.54, 1.807) is 41.5 Å². The number of halogens is 1. The van der Waals surface area contributed by atoms with Crippen molar-refractivity contribution in [2.45, 2.75) is 72.9 Å². The number of carbonyl (C=O) groups is 2. The number of hydrogen-bond acceptors (Lipinski definition) is 14. The van der Waals surface area contributed by atoms with Crippen LogP contribution in [0.3, 0.4) is 0 Å². The molecule has 0 fully saturated rings. The van der Waals surface area contributed by atoms with Gasteiger partial charge >= 0.3 is 23.6 Å². The van der Waals surface area contributed by atoms with Crippen molar-refractivity contribution in [1.82, 2.24) is 19.1 Å². The summed E-state index contributed by atoms with van der Waals surface area (Å²) in [4.78, 5) is 62.2. The summed E-state index contributed by atoms with van der Waals surface area (Å²) in [5.74, 6) is -0.635. The van der Waals surface area contributed by atoms with E-state index in [-0.39, 0.29) is 64.6 Å². The summed E-state index contributed by atoms with van der Waals surface area (Å²) in [5.41, 5.74) is -1.15. The molecule has 4 heterocycles. The van der Waals surface area contributed by atoms with Crippen molar-refractivity contribution in [2.75, 3.05) is 13.7 Å². The van der Waals surface area contributed by atoms with Gasteiger partial charge in [-0.2, -0.15) is 4.98 Å². The molecule has 0 saturated heterocycles. The van der Waals surface area contributed by atoms with E-state index in [0.29, 0.717) is 0 Å². The number of esters is 2. The molecule has 0 radical (unpaired) electrons. The molecule has 1 unspecified atom stereocenters. The first kappa shape index (κ1) is 35.0. The van der Waals surface area contributed by atoms with E-state index in [4.69, 9.17) is 49.9 Å². The van der Waals surface area contributed by atoms with Crippen molar-refractivity contribution in [3.63, 3.8) is 0 Å². The smallest absolute Gasteiger partial charge is 0.461 e. The zero-order valence-electron chi connectivity index (χ0n) is 26.8. The maximum absolute atomic E-state index is 12.9. The highest BCUT2D eigenvalue weighted by atomic mass is 35.5. The van der Waals surface area contributed by atoms with Gasteiger partial charge in [0.1, 0.15) is 24.7 Å². The summed E-state index contributed by atoms with van der Waals surface area (Å²) < 4.78 is 40.1. The molecule has 0 amide bonds. The van der Waals surface area contributed by atoms with Crippen molar-refractivity contribution in [3.8, 4) is 12.3 Å². The van der Waals surface area contributed by atoms with Gasteiger partial charge in [0.05, 0.1) is 31.3 Å². The second-order valence-electron chi connectivity index (χ2n) is 11.1. The second kappa shape index (κ2) is 14.3. The van der Waals surface area contributed by atoms with E-state index in [1.807, 2.05) is 0 Å². The van der Waals surface area contributed by atoms with E-state index in [2.05, 4.69) is 20.9 Å². The lowest BCUT2D eigenvalue weighted by molar-refractivity contribution is -0.178. The Morgan fingerprint density at radius 1 is 1.04 bits per heavy atom. The summed E-state index contributed by atoms with van der Waals surface area (Å²) in [6, 6.07) is 0. The number of rotatable bonds is 13. The number of terminal acetylenes is 1. The lowest BCUT2D eigenvalue weighted by Crippen LogP contribution is -2.52. The fourth-order valence-electron chi connectivity index (χ4n) is 4.33. The van der Waals surface area contributed by atoms with Gasteiger partial charge in [-0.1, -0.05) is 33.6 Å². The van der Waals surface area contributed by atoms with Gasteiger partial charge in [0, 0.05) is 7.11 Å². The number of fused-ring (bicyclic) bond motifs is 1. The third-order valence-corrected chi connectivity index (χ3v) is 7.45. The number of nitrogens with zero attached hydrogens (tertiary/aromatic N) is 5. The normalized spacial score (nSPS) is 14.0. The van der Waals surface area contributed by atoms with Gasteiger partial charge in [0.25, 0.3) is 0 Å². The molecule has 4 rings (SSSR count). The van der Waals surface area contributed by atoms with E-state index in [9.17, 15) is 19.2 Å². The van der Waals surface area contributed by atoms with Crippen LogP contribution < -0.4 is 17.1 Å². The van der Waals surface area contributed by atoms with Gasteiger partial charge in [0.15, 0.2) is 34.3 Å². The highest BCUT2D eigenvalue weighted by Crippen LogP contribution is 2.24. The highest BCUT2D eigenvalue weighted by Gasteiger charge is 2.43. The second-order valence-corrected chi connectivity index (χ2v) is 11.5. The van der Waals surface area contributed by atoms with Crippen LogP contribution in [0.1, 0.15) is 50.7 Å². The lowest BCUT2D eigenvalue weighted by Gasteiger charge is -2.35. The minimum Gasteiger partial charge on any atom is -0.461 e. The Morgan fingerprint density at radius 3 is 2.19 bits per heavy atom. The number of aryl methyl sites for hydroxylation is 2. The average Bonchev–Trinajstić information content (AvgIpc) is 3.67. The van der Waals surface area contributed by atoms with Crippen LogP contribution in [-0.4, -0.2) is 56.5 Å². The summed E-state index contributed by atoms with van der Waals surface area (Å²) in [5, 5.41) is -0.108. The Balaban J connectivity index is 1.86. The number of ether oxygens (including phenoxy) is 3. The third-order valence-electron chi connectivity index (χ3n) is 7.17. The first-order chi connectivity index (χ1) is 22.2. The summed E-state index contributed by atoms with van der Waals surface area (Å²) in [7, 11) is 1.31. The predicted molar refractivity (Wildman–Crippen MR) is 162 cm³/mol. The van der Waals surface area contributed by atoms with Crippen LogP contribution in [0.4, 0.5) is 0 Å². The van der Waals surface area contributed by atoms with E-state index >= 15 is 0 Å². The predicted octanol–water partition coefficient (Wildman–Crippen LogP) is 2.53. The van der Waals surface area contributed by atoms with Gasteiger partial charge in [0.2, 0.25) is 10.9 Å². The summed E-state index contributed by atoms with van der Waals surface area (Å²) in [6.45, 7) is 8.84. The zero-order chi connectivity index (χ0) is 34.6. The Labute approximate surface area is 272 Å². The average molecular weight is 676 g/mol. The largest absolute Gasteiger partial charge is 0.519 e. The molecule has 0 aliphatic carbocycles. The van der Waals surface area contributed by atoms with Gasteiger partial charge in [-0.3, -0.25) is 19.1 Å². The Kier molecular flexibility index (Phi) is 10.6. The molecule has 252 valence electrons. The summed E-state index contributed by atoms with van der Waals surface area (Å²) >= 11 is 6.69. The van der Waals surface area contributed by atoms with Crippen LogP contribution in [0, 0.1) is 38.0 Å². The number of aromatic nitrogens is 4. The molecule has 0 N–H and O–H groups in total. The third kappa shape index (κ3) is 7.58. The van der Waals surface area contributed by atoms with Crippen molar-refractivity contribution in [1.29, 1.82) is 0 Å². The van der Waals surface area contributed by atoms with Crippen LogP contribution in [0.25, 0.3) is 11.2 Å². The molecule has 0 bridgehead atoms. The van der Waals surface area contributed by atoms with E-state index in [0.717, 1.165) is 0 Å². The molecule has 0 saturated carbocycles. The van der Waals surface area contributed by atoms with Crippen molar-refractivity contribution in [2.24, 2.45) is 16.8 Å². The first-order valence-corrected chi connectivity index (χ1v) is 14.8. The standard InChI is InChI=1S/C30H34ClN5O11/c1-9-30(41-8,13-42-25(37)15(2)3)21(47-26(38)16(4)5)12-35-14-33-22-23(32-10-19-17(6)43-28(39)45-19)36(27(31)34-24(22)35)11-20-18(7)44-29(40)46-20/h1,14-16,21H,10-13H2,2-8H3/b32-23-/t21-,30?/m0/s1. The Hall–Kier alpha value is -4.88. The van der Waals surface area contributed by atoms with Gasteiger partial charge in [-0.15, -0.1) is 6.42 Å². The molecule has 4 aromatic rings. The molecule has 16 nitrogen and oxygen atoms in total. The molecule has 2 atom stereocenters. The van der Waals surface area contributed by atoms with Gasteiger partial charge in [-0.05, 0) is 25.4 Å². The fraction of sp³-hybridized carbons (Fsp3) is 0.500. The minimum absolute atomic E-state index is 0.108. The molecule has 0 aromatic carbocycles. The van der Waals surface area contributed by atoms with E-state index < -0.39 is 53.7 Å². The summed E-state index contributed by atoms with van der Waals surface area (Å²) in [6.07, 6.45) is 6.12. The van der Waals surface area contributed by atoms with E-state index in [1.165, 1.54) is 22.6 Å². The van der Waals surface area contributed by atoms with Crippen LogP contribution in [0.2, 0.25) is 5.28 Å². The molecular weight excluding hydrogens is 642 g/mol.